The van der Waals surface area contributed by atoms with Gasteiger partial charge in [-0.3, -0.25) is 4.84 Å². The number of nitrogens with two attached hydrogens (primary N) is 1. The van der Waals surface area contributed by atoms with Gasteiger partial charge in [0.05, 0.1) is 13.2 Å². The van der Waals surface area contributed by atoms with Crippen LogP contribution in [0.2, 0.25) is 5.02 Å². The first kappa shape index (κ1) is 10.7. The van der Waals surface area contributed by atoms with Crippen LogP contribution in [0.1, 0.15) is 18.4 Å². The van der Waals surface area contributed by atoms with E-state index in [1.54, 1.807) is 6.07 Å². The molecule has 0 saturated carbocycles. The summed E-state index contributed by atoms with van der Waals surface area (Å²) in [5.74, 6) is 0. The number of halogens is 1. The molecule has 1 fully saturated rings. The third-order valence-corrected chi connectivity index (χ3v) is 2.85. The summed E-state index contributed by atoms with van der Waals surface area (Å²) in [7, 11) is 0. The molecule has 1 heterocycles. The van der Waals surface area contributed by atoms with Crippen molar-refractivity contribution in [3.8, 4) is 0 Å². The van der Waals surface area contributed by atoms with Crippen molar-refractivity contribution in [3.63, 3.8) is 0 Å². The molecular weight excluding hydrogens is 212 g/mol. The number of benzene rings is 1. The van der Waals surface area contributed by atoms with Crippen LogP contribution in [-0.4, -0.2) is 18.2 Å². The molecule has 0 aromatic heterocycles. The number of hydrogen-bond acceptors (Lipinski definition) is 3. The highest BCUT2D eigenvalue weighted by Gasteiger charge is 2.12. The zero-order chi connectivity index (χ0) is 10.7. The first-order chi connectivity index (χ1) is 7.25. The van der Waals surface area contributed by atoms with Gasteiger partial charge < -0.3 is 5.73 Å². The summed E-state index contributed by atoms with van der Waals surface area (Å²) >= 11 is 6.09. The average molecular weight is 227 g/mol. The maximum Gasteiger partial charge on any atom is 0.0685 e. The molecule has 0 radical (unpaired) electrons. The van der Waals surface area contributed by atoms with Crippen LogP contribution in [0.5, 0.6) is 0 Å². The van der Waals surface area contributed by atoms with E-state index in [0.717, 1.165) is 31.7 Å². The van der Waals surface area contributed by atoms with Gasteiger partial charge in [0, 0.05) is 17.3 Å². The van der Waals surface area contributed by atoms with Crippen LogP contribution in [0.15, 0.2) is 18.2 Å². The molecule has 0 spiro atoms. The zero-order valence-corrected chi connectivity index (χ0v) is 9.33. The van der Waals surface area contributed by atoms with Gasteiger partial charge in [-0.15, -0.1) is 0 Å². The largest absolute Gasteiger partial charge is 0.399 e. The predicted octanol–water partition coefficient (Wildman–Crippen LogP) is 2.45. The molecule has 0 aliphatic carbocycles. The van der Waals surface area contributed by atoms with Crippen LogP contribution in [0, 0.1) is 0 Å². The van der Waals surface area contributed by atoms with Crippen molar-refractivity contribution in [2.24, 2.45) is 0 Å². The Kier molecular flexibility index (Phi) is 3.46. The Morgan fingerprint density at radius 1 is 1.40 bits per heavy atom. The molecule has 2 N–H and O–H groups in total. The quantitative estimate of drug-likeness (QED) is 0.788. The number of nitrogen functional groups attached to an aromatic ring is 1. The summed E-state index contributed by atoms with van der Waals surface area (Å²) in [5.41, 5.74) is 7.39. The van der Waals surface area contributed by atoms with Crippen LogP contribution >= 0.6 is 11.6 Å². The second-order valence-electron chi connectivity index (χ2n) is 3.75. The molecule has 1 aliphatic rings. The number of hydrogen-bond donors (Lipinski definition) is 1. The Bertz CT molecular complexity index is 337. The first-order valence-electron chi connectivity index (χ1n) is 5.17. The summed E-state index contributed by atoms with van der Waals surface area (Å²) in [6.07, 6.45) is 2.33. The van der Waals surface area contributed by atoms with Gasteiger partial charge in [0.2, 0.25) is 0 Å². The normalized spacial score (nSPS) is 17.9. The highest BCUT2D eigenvalue weighted by Crippen LogP contribution is 2.21. The third kappa shape index (κ3) is 2.84. The Morgan fingerprint density at radius 3 is 2.93 bits per heavy atom. The van der Waals surface area contributed by atoms with Crippen molar-refractivity contribution < 1.29 is 4.84 Å². The molecule has 0 amide bonds. The fourth-order valence-electron chi connectivity index (χ4n) is 1.65. The van der Waals surface area contributed by atoms with Gasteiger partial charge in [-0.2, -0.15) is 5.06 Å². The minimum Gasteiger partial charge on any atom is -0.399 e. The molecule has 1 aromatic carbocycles. The van der Waals surface area contributed by atoms with Gasteiger partial charge in [-0.1, -0.05) is 17.7 Å². The van der Waals surface area contributed by atoms with Gasteiger partial charge in [0.25, 0.3) is 0 Å². The van der Waals surface area contributed by atoms with Crippen LogP contribution in [-0.2, 0) is 11.4 Å². The Labute approximate surface area is 94.7 Å². The van der Waals surface area contributed by atoms with E-state index < -0.39 is 0 Å². The van der Waals surface area contributed by atoms with E-state index >= 15 is 0 Å². The van der Waals surface area contributed by atoms with Crippen LogP contribution in [0.3, 0.4) is 0 Å². The molecule has 2 rings (SSSR count). The van der Waals surface area contributed by atoms with Crippen molar-refractivity contribution in [2.45, 2.75) is 19.4 Å². The fourth-order valence-corrected chi connectivity index (χ4v) is 1.90. The SMILES string of the molecule is Nc1ccc(CN2CCCCO2)c(Cl)c1. The van der Waals surface area contributed by atoms with Crippen molar-refractivity contribution in [2.75, 3.05) is 18.9 Å². The number of nitrogens with zero attached hydrogens (tertiary/aromatic N) is 1. The third-order valence-electron chi connectivity index (χ3n) is 2.50. The average Bonchev–Trinajstić information content (AvgIpc) is 2.24. The van der Waals surface area contributed by atoms with Gasteiger partial charge in [0.1, 0.15) is 0 Å². The molecule has 4 heteroatoms. The van der Waals surface area contributed by atoms with E-state index in [4.69, 9.17) is 22.2 Å². The Morgan fingerprint density at radius 2 is 2.27 bits per heavy atom. The van der Waals surface area contributed by atoms with Gasteiger partial charge >= 0.3 is 0 Å². The van der Waals surface area contributed by atoms with E-state index in [-0.39, 0.29) is 0 Å². The van der Waals surface area contributed by atoms with Gasteiger partial charge in [0.15, 0.2) is 0 Å². The maximum atomic E-state index is 6.09. The zero-order valence-electron chi connectivity index (χ0n) is 8.58. The Balaban J connectivity index is 2.03. The number of rotatable bonds is 2. The van der Waals surface area contributed by atoms with Crippen molar-refractivity contribution in [3.05, 3.63) is 28.8 Å². The lowest BCUT2D eigenvalue weighted by molar-refractivity contribution is -0.187. The predicted molar refractivity (Wildman–Crippen MR) is 61.5 cm³/mol. The van der Waals surface area contributed by atoms with E-state index in [9.17, 15) is 0 Å². The molecule has 1 aromatic rings. The minimum absolute atomic E-state index is 0.698. The lowest BCUT2D eigenvalue weighted by Crippen LogP contribution is -2.29. The van der Waals surface area contributed by atoms with E-state index in [1.807, 2.05) is 17.2 Å². The summed E-state index contributed by atoms with van der Waals surface area (Å²) in [5, 5.41) is 2.67. The van der Waals surface area contributed by atoms with Crippen LogP contribution in [0.4, 0.5) is 5.69 Å². The van der Waals surface area contributed by atoms with E-state index in [2.05, 4.69) is 0 Å². The summed E-state index contributed by atoms with van der Waals surface area (Å²) in [6.45, 7) is 2.52. The molecule has 3 nitrogen and oxygen atoms in total. The van der Waals surface area contributed by atoms with Crippen molar-refractivity contribution >= 4 is 17.3 Å². The summed E-state index contributed by atoms with van der Waals surface area (Å²) < 4.78 is 0. The molecule has 1 saturated heterocycles. The van der Waals surface area contributed by atoms with Crippen molar-refractivity contribution in [1.29, 1.82) is 0 Å². The van der Waals surface area contributed by atoms with Crippen LogP contribution < -0.4 is 5.73 Å². The molecule has 0 unspecified atom stereocenters. The summed E-state index contributed by atoms with van der Waals surface area (Å²) in [6, 6.07) is 5.60. The smallest absolute Gasteiger partial charge is 0.0685 e. The Hall–Kier alpha value is -0.770. The van der Waals surface area contributed by atoms with Gasteiger partial charge in [-0.05, 0) is 30.5 Å². The molecule has 0 atom stereocenters. The highest BCUT2D eigenvalue weighted by atomic mass is 35.5. The second kappa shape index (κ2) is 4.84. The topological polar surface area (TPSA) is 38.5 Å². The minimum atomic E-state index is 0.698. The first-order valence-corrected chi connectivity index (χ1v) is 5.55. The van der Waals surface area contributed by atoms with Crippen LogP contribution in [0.25, 0.3) is 0 Å². The molecule has 1 aliphatic heterocycles. The standard InChI is InChI=1S/C11H15ClN2O/c12-11-7-10(13)4-3-9(11)8-14-5-1-2-6-15-14/h3-4,7H,1-2,5-6,8,13H2. The molecule has 0 bridgehead atoms. The van der Waals surface area contributed by atoms with Crippen molar-refractivity contribution in [1.82, 2.24) is 5.06 Å². The van der Waals surface area contributed by atoms with E-state index in [1.165, 1.54) is 6.42 Å². The highest BCUT2D eigenvalue weighted by molar-refractivity contribution is 6.31. The molecule has 82 valence electrons. The molecule has 15 heavy (non-hydrogen) atoms. The number of anilines is 1. The fraction of sp³-hybridized carbons (Fsp3) is 0.455. The number of hydroxylamine groups is 2. The lowest BCUT2D eigenvalue weighted by Gasteiger charge is -2.26. The monoisotopic (exact) mass is 226 g/mol. The molecular formula is C11H15ClN2O. The second-order valence-corrected chi connectivity index (χ2v) is 4.16. The summed E-state index contributed by atoms with van der Waals surface area (Å²) in [4.78, 5) is 5.51. The lowest BCUT2D eigenvalue weighted by atomic mass is 10.2. The van der Waals surface area contributed by atoms with Gasteiger partial charge in [-0.25, -0.2) is 0 Å². The van der Waals surface area contributed by atoms with E-state index in [0.29, 0.717) is 10.7 Å². The maximum absolute atomic E-state index is 6.09.